The molecule has 1 aliphatic heterocycles. The first kappa shape index (κ1) is 28.6. The van der Waals surface area contributed by atoms with E-state index in [-0.39, 0.29) is 10.3 Å². The molecular formula is C27H24Cl4N9O2+. The maximum atomic E-state index is 6.33. The largest absolute Gasteiger partial charge is 0.493 e. The minimum Gasteiger partial charge on any atom is -0.493 e. The van der Waals surface area contributed by atoms with E-state index in [0.717, 1.165) is 29.9 Å². The summed E-state index contributed by atoms with van der Waals surface area (Å²) in [5.74, 6) is 1.40. The number of hydrogen-bond donors (Lipinski definition) is 0. The smallest absolute Gasteiger partial charge is 0.161 e. The topological polar surface area (TPSA) is 106 Å². The van der Waals surface area contributed by atoms with E-state index >= 15 is 0 Å². The van der Waals surface area contributed by atoms with E-state index in [4.69, 9.17) is 55.9 Å². The Kier molecular flexibility index (Phi) is 7.95. The molecule has 0 N–H and O–H groups in total. The molecule has 0 saturated heterocycles. The second-order valence-electron chi connectivity index (χ2n) is 9.96. The predicted molar refractivity (Wildman–Crippen MR) is 158 cm³/mol. The summed E-state index contributed by atoms with van der Waals surface area (Å²) >= 11 is 24.6. The van der Waals surface area contributed by atoms with Crippen LogP contribution in [-0.4, -0.2) is 65.2 Å². The van der Waals surface area contributed by atoms with Gasteiger partial charge in [0.15, 0.2) is 21.8 Å². The molecule has 216 valence electrons. The summed E-state index contributed by atoms with van der Waals surface area (Å²) in [5.41, 5.74) is 5.11. The molecule has 15 heteroatoms. The number of pyridine rings is 2. The summed E-state index contributed by atoms with van der Waals surface area (Å²) in [7, 11) is 3.28. The van der Waals surface area contributed by atoms with E-state index in [1.165, 1.54) is 5.56 Å². The molecule has 6 rings (SSSR count). The molecule has 0 aliphatic carbocycles. The Labute approximate surface area is 261 Å². The number of hydrogen-bond acceptors (Lipinski definition) is 8. The van der Waals surface area contributed by atoms with Crippen molar-refractivity contribution < 1.29 is 14.0 Å². The number of quaternary nitrogens is 1. The minimum atomic E-state index is 0.239. The van der Waals surface area contributed by atoms with Crippen LogP contribution in [0.1, 0.15) is 22.5 Å². The molecule has 1 aromatic carbocycles. The van der Waals surface area contributed by atoms with Crippen molar-refractivity contribution in [3.8, 4) is 22.9 Å². The standard InChI is InChI=1S/C27H24Cl4N9O2/c1-41-22-9-16-7-8-40(13-17(16)10-23(22)42-2,14-18-11-38(36-34-18)20-3-5-24(28)32-26(20)30)15-19-12-39(37-35-19)21-4-6-25(29)33-27(21)31/h3-6,9-12H,7-8,13-15H2,1-2H3/q+1. The molecule has 4 aromatic heterocycles. The first-order valence-electron chi connectivity index (χ1n) is 12.8. The molecule has 0 atom stereocenters. The number of rotatable bonds is 8. The highest BCUT2D eigenvalue weighted by atomic mass is 35.5. The van der Waals surface area contributed by atoms with Gasteiger partial charge in [-0.1, -0.05) is 56.8 Å². The SMILES string of the molecule is COc1cc2c(cc1OC)C[N+](Cc1cn(-c3ccc(Cl)nc3Cl)nn1)(Cc1cn(-c3ccc(Cl)nc3Cl)nn1)CC2. The summed E-state index contributed by atoms with van der Waals surface area (Å²) in [5, 5.41) is 18.7. The normalized spacial score (nSPS) is 14.0. The van der Waals surface area contributed by atoms with Crippen LogP contribution in [0.3, 0.4) is 0 Å². The van der Waals surface area contributed by atoms with Crippen LogP contribution in [0.25, 0.3) is 11.4 Å². The van der Waals surface area contributed by atoms with Crippen molar-refractivity contribution in [2.24, 2.45) is 0 Å². The summed E-state index contributed by atoms with van der Waals surface area (Å²) in [6.45, 7) is 2.65. The lowest BCUT2D eigenvalue weighted by atomic mass is 9.96. The number of aromatic nitrogens is 8. The molecule has 5 aromatic rings. The quantitative estimate of drug-likeness (QED) is 0.160. The van der Waals surface area contributed by atoms with Crippen LogP contribution in [0.4, 0.5) is 0 Å². The van der Waals surface area contributed by atoms with E-state index in [1.807, 2.05) is 18.5 Å². The molecule has 0 unspecified atom stereocenters. The monoisotopic (exact) mass is 646 g/mol. The number of nitrogens with zero attached hydrogens (tertiary/aromatic N) is 9. The van der Waals surface area contributed by atoms with Gasteiger partial charge in [-0.05, 0) is 42.0 Å². The summed E-state index contributed by atoms with van der Waals surface area (Å²) < 4.78 is 15.0. The van der Waals surface area contributed by atoms with Crippen LogP contribution < -0.4 is 9.47 Å². The maximum Gasteiger partial charge on any atom is 0.161 e. The molecule has 1 aliphatic rings. The second kappa shape index (κ2) is 11.7. The van der Waals surface area contributed by atoms with E-state index < -0.39 is 0 Å². The van der Waals surface area contributed by atoms with Crippen molar-refractivity contribution in [2.75, 3.05) is 20.8 Å². The summed E-state index contributed by atoms with van der Waals surface area (Å²) in [6, 6.07) is 10.9. The van der Waals surface area contributed by atoms with Gasteiger partial charge in [-0.2, -0.15) is 0 Å². The third-order valence-electron chi connectivity index (χ3n) is 7.23. The van der Waals surface area contributed by atoms with Crippen molar-refractivity contribution in [1.82, 2.24) is 40.0 Å². The van der Waals surface area contributed by atoms with Gasteiger partial charge in [-0.15, -0.1) is 10.2 Å². The summed E-state index contributed by atoms with van der Waals surface area (Å²) in [6.07, 6.45) is 4.53. The summed E-state index contributed by atoms with van der Waals surface area (Å²) in [4.78, 5) is 8.23. The molecule has 0 spiro atoms. The minimum absolute atomic E-state index is 0.239. The van der Waals surface area contributed by atoms with E-state index in [0.29, 0.717) is 57.3 Å². The van der Waals surface area contributed by atoms with Crippen LogP contribution in [-0.2, 0) is 26.1 Å². The van der Waals surface area contributed by atoms with Gasteiger partial charge >= 0.3 is 0 Å². The Morgan fingerprint density at radius 1 is 0.738 bits per heavy atom. The zero-order chi connectivity index (χ0) is 29.4. The Balaban J connectivity index is 1.35. The highest BCUT2D eigenvalue weighted by Crippen LogP contribution is 2.37. The molecule has 0 fully saturated rings. The molecular weight excluding hydrogens is 624 g/mol. The number of benzene rings is 1. The van der Waals surface area contributed by atoms with Gasteiger partial charge in [-0.3, -0.25) is 0 Å². The Morgan fingerprint density at radius 3 is 1.71 bits per heavy atom. The van der Waals surface area contributed by atoms with E-state index in [9.17, 15) is 0 Å². The lowest BCUT2D eigenvalue weighted by molar-refractivity contribution is -0.968. The van der Waals surface area contributed by atoms with Gasteiger partial charge in [0.05, 0.1) is 33.2 Å². The third-order valence-corrected chi connectivity index (χ3v) is 8.20. The fourth-order valence-electron chi connectivity index (χ4n) is 5.28. The van der Waals surface area contributed by atoms with Crippen LogP contribution in [0, 0.1) is 0 Å². The second-order valence-corrected chi connectivity index (χ2v) is 11.5. The molecule has 5 heterocycles. The molecule has 42 heavy (non-hydrogen) atoms. The number of ether oxygens (including phenoxy) is 2. The molecule has 0 saturated carbocycles. The van der Waals surface area contributed by atoms with Gasteiger partial charge in [0.1, 0.15) is 52.7 Å². The van der Waals surface area contributed by atoms with Gasteiger partial charge < -0.3 is 14.0 Å². The molecule has 0 radical (unpaired) electrons. The van der Waals surface area contributed by atoms with Crippen molar-refractivity contribution in [2.45, 2.75) is 26.1 Å². The van der Waals surface area contributed by atoms with Gasteiger partial charge in [0.25, 0.3) is 0 Å². The number of fused-ring (bicyclic) bond motifs is 1. The van der Waals surface area contributed by atoms with Crippen molar-refractivity contribution in [1.29, 1.82) is 0 Å². The number of halogens is 4. The van der Waals surface area contributed by atoms with Crippen LogP contribution in [0.15, 0.2) is 48.8 Å². The van der Waals surface area contributed by atoms with Crippen molar-refractivity contribution >= 4 is 46.4 Å². The molecule has 0 amide bonds. The van der Waals surface area contributed by atoms with Gasteiger partial charge in [0.2, 0.25) is 0 Å². The lowest BCUT2D eigenvalue weighted by Gasteiger charge is -2.41. The zero-order valence-electron chi connectivity index (χ0n) is 22.5. The highest BCUT2D eigenvalue weighted by Gasteiger charge is 2.36. The Bertz CT molecular complexity index is 1680. The molecule has 0 bridgehead atoms. The van der Waals surface area contributed by atoms with E-state index in [2.05, 4.69) is 36.7 Å². The third kappa shape index (κ3) is 5.75. The predicted octanol–water partition coefficient (Wildman–Crippen LogP) is 5.54. The first-order valence-corrected chi connectivity index (χ1v) is 14.3. The van der Waals surface area contributed by atoms with Crippen LogP contribution in [0.2, 0.25) is 20.6 Å². The fraction of sp³-hybridized carbons (Fsp3) is 0.259. The number of methoxy groups -OCH3 is 2. The lowest BCUT2D eigenvalue weighted by Crippen LogP contribution is -2.49. The maximum absolute atomic E-state index is 6.33. The zero-order valence-corrected chi connectivity index (χ0v) is 25.5. The van der Waals surface area contributed by atoms with Crippen LogP contribution in [0.5, 0.6) is 11.5 Å². The average molecular weight is 648 g/mol. The Hall–Kier alpha value is -3.48. The van der Waals surface area contributed by atoms with Gasteiger partial charge in [-0.25, -0.2) is 19.3 Å². The first-order chi connectivity index (χ1) is 20.3. The highest BCUT2D eigenvalue weighted by molar-refractivity contribution is 6.34. The fourth-order valence-corrected chi connectivity index (χ4v) is 6.15. The van der Waals surface area contributed by atoms with E-state index in [1.54, 1.807) is 47.8 Å². The van der Waals surface area contributed by atoms with Crippen LogP contribution >= 0.6 is 46.4 Å². The van der Waals surface area contributed by atoms with Gasteiger partial charge in [0, 0.05) is 12.0 Å². The van der Waals surface area contributed by atoms with Crippen molar-refractivity contribution in [3.63, 3.8) is 0 Å². The average Bonchev–Trinajstić information content (AvgIpc) is 3.61. The Morgan fingerprint density at radius 2 is 1.24 bits per heavy atom. The molecule has 11 nitrogen and oxygen atoms in total. The van der Waals surface area contributed by atoms with Crippen molar-refractivity contribution in [3.05, 3.63) is 91.9 Å².